The molecule has 0 amide bonds. The molecule has 3 N–H and O–H groups in total. The highest BCUT2D eigenvalue weighted by atomic mass is 19.1. The quantitative estimate of drug-likeness (QED) is 0.689. The fraction of sp³-hybridized carbons (Fsp3) is 0.400. The van der Waals surface area contributed by atoms with Crippen molar-refractivity contribution >= 4 is 5.69 Å². The number of aliphatic hydroxyl groups is 1. The van der Waals surface area contributed by atoms with Gasteiger partial charge in [-0.15, -0.1) is 0 Å². The van der Waals surface area contributed by atoms with Crippen LogP contribution in [0.25, 0.3) is 0 Å². The molecule has 0 radical (unpaired) electrons. The van der Waals surface area contributed by atoms with Gasteiger partial charge in [0, 0.05) is 11.3 Å². The van der Waals surface area contributed by atoms with Crippen LogP contribution in [0.5, 0.6) is 0 Å². The lowest BCUT2D eigenvalue weighted by atomic mass is 9.92. The van der Waals surface area contributed by atoms with Crippen molar-refractivity contribution in [2.45, 2.75) is 25.9 Å². The number of hydrogen-bond acceptors (Lipinski definition) is 2. The molecule has 0 heterocycles. The first-order valence-corrected chi connectivity index (χ1v) is 4.25. The number of rotatable bonds is 2. The number of nitrogens with two attached hydrogens (primary N) is 1. The Balaban J connectivity index is 3.20. The Bertz CT molecular complexity index is 310. The minimum Gasteiger partial charge on any atom is -0.399 e. The van der Waals surface area contributed by atoms with Crippen molar-refractivity contribution in [2.75, 3.05) is 5.73 Å². The fourth-order valence-corrected chi connectivity index (χ4v) is 1.15. The summed E-state index contributed by atoms with van der Waals surface area (Å²) in [6.45, 7) is 3.37. The van der Waals surface area contributed by atoms with Crippen molar-refractivity contribution < 1.29 is 9.50 Å². The van der Waals surface area contributed by atoms with E-state index in [2.05, 4.69) is 0 Å². The fourth-order valence-electron chi connectivity index (χ4n) is 1.15. The van der Waals surface area contributed by atoms with Gasteiger partial charge >= 0.3 is 0 Å². The van der Waals surface area contributed by atoms with Gasteiger partial charge in [0.2, 0.25) is 0 Å². The third-order valence-corrected chi connectivity index (χ3v) is 2.26. The van der Waals surface area contributed by atoms with Crippen LogP contribution in [-0.2, 0) is 5.60 Å². The van der Waals surface area contributed by atoms with Crippen LogP contribution in [0, 0.1) is 5.82 Å². The van der Waals surface area contributed by atoms with Gasteiger partial charge in [0.1, 0.15) is 5.82 Å². The van der Waals surface area contributed by atoms with E-state index in [0.717, 1.165) is 0 Å². The van der Waals surface area contributed by atoms with E-state index in [1.807, 2.05) is 0 Å². The summed E-state index contributed by atoms with van der Waals surface area (Å²) in [7, 11) is 0. The first-order valence-electron chi connectivity index (χ1n) is 4.25. The topological polar surface area (TPSA) is 46.2 Å². The SMILES string of the molecule is CCC(C)(O)c1cc(N)ccc1F. The van der Waals surface area contributed by atoms with Crippen molar-refractivity contribution in [1.82, 2.24) is 0 Å². The van der Waals surface area contributed by atoms with Crippen LogP contribution in [0.1, 0.15) is 25.8 Å². The molecule has 0 aliphatic rings. The number of nitrogen functional groups attached to an aromatic ring is 1. The summed E-state index contributed by atoms with van der Waals surface area (Å²) in [5, 5.41) is 9.80. The average Bonchev–Trinajstić information content (AvgIpc) is 2.09. The van der Waals surface area contributed by atoms with Gasteiger partial charge in [0.25, 0.3) is 0 Å². The van der Waals surface area contributed by atoms with Gasteiger partial charge in [0.05, 0.1) is 5.60 Å². The molecular formula is C10H14FNO. The molecule has 1 aromatic carbocycles. The Kier molecular flexibility index (Phi) is 2.57. The first-order chi connectivity index (χ1) is 5.97. The van der Waals surface area contributed by atoms with E-state index in [-0.39, 0.29) is 5.56 Å². The minimum atomic E-state index is -1.14. The van der Waals surface area contributed by atoms with Crippen LogP contribution < -0.4 is 5.73 Å². The number of halogens is 1. The molecule has 0 aliphatic carbocycles. The highest BCUT2D eigenvalue weighted by molar-refractivity contribution is 5.43. The molecule has 2 nitrogen and oxygen atoms in total. The molecule has 1 atom stereocenters. The molecule has 1 aromatic rings. The normalized spacial score (nSPS) is 15.4. The van der Waals surface area contributed by atoms with E-state index in [0.29, 0.717) is 12.1 Å². The summed E-state index contributed by atoms with van der Waals surface area (Å²) in [6.07, 6.45) is 0.452. The summed E-state index contributed by atoms with van der Waals surface area (Å²) in [6, 6.07) is 4.22. The van der Waals surface area contributed by atoms with Crippen LogP contribution in [0.2, 0.25) is 0 Å². The molecule has 0 saturated carbocycles. The lowest BCUT2D eigenvalue weighted by Gasteiger charge is -2.22. The van der Waals surface area contributed by atoms with Gasteiger partial charge < -0.3 is 10.8 Å². The third-order valence-electron chi connectivity index (χ3n) is 2.26. The predicted octanol–water partition coefficient (Wildman–Crippen LogP) is 2.03. The minimum absolute atomic E-state index is 0.259. The Morgan fingerprint density at radius 3 is 2.69 bits per heavy atom. The maximum atomic E-state index is 13.2. The molecule has 0 saturated heterocycles. The molecule has 0 bridgehead atoms. The Morgan fingerprint density at radius 1 is 1.54 bits per heavy atom. The van der Waals surface area contributed by atoms with E-state index in [1.165, 1.54) is 18.2 Å². The molecule has 0 spiro atoms. The summed E-state index contributed by atoms with van der Waals surface area (Å²) in [5.41, 5.74) is 5.08. The second-order valence-corrected chi connectivity index (χ2v) is 3.37. The standard InChI is InChI=1S/C10H14FNO/c1-3-10(2,13)8-6-7(12)4-5-9(8)11/h4-6,13H,3,12H2,1-2H3. The van der Waals surface area contributed by atoms with Gasteiger partial charge in [-0.05, 0) is 31.5 Å². The van der Waals surface area contributed by atoms with Crippen LogP contribution in [0.15, 0.2) is 18.2 Å². The summed E-state index contributed by atoms with van der Waals surface area (Å²) in [5.74, 6) is -0.416. The lowest BCUT2D eigenvalue weighted by molar-refractivity contribution is 0.0494. The van der Waals surface area contributed by atoms with Gasteiger partial charge in [-0.25, -0.2) is 4.39 Å². The average molecular weight is 183 g/mol. The van der Waals surface area contributed by atoms with Gasteiger partial charge in [-0.2, -0.15) is 0 Å². The Hall–Kier alpha value is -1.09. The molecular weight excluding hydrogens is 169 g/mol. The van der Waals surface area contributed by atoms with E-state index in [9.17, 15) is 9.50 Å². The van der Waals surface area contributed by atoms with E-state index >= 15 is 0 Å². The summed E-state index contributed by atoms with van der Waals surface area (Å²) < 4.78 is 13.2. The lowest BCUT2D eigenvalue weighted by Crippen LogP contribution is -2.21. The zero-order valence-electron chi connectivity index (χ0n) is 7.84. The maximum Gasteiger partial charge on any atom is 0.129 e. The number of benzene rings is 1. The second-order valence-electron chi connectivity index (χ2n) is 3.37. The van der Waals surface area contributed by atoms with Crippen LogP contribution in [-0.4, -0.2) is 5.11 Å². The summed E-state index contributed by atoms with van der Waals surface area (Å²) in [4.78, 5) is 0. The van der Waals surface area contributed by atoms with Crippen molar-refractivity contribution in [3.63, 3.8) is 0 Å². The third kappa shape index (κ3) is 1.98. The molecule has 13 heavy (non-hydrogen) atoms. The van der Waals surface area contributed by atoms with Crippen LogP contribution in [0.4, 0.5) is 10.1 Å². The molecule has 0 aliphatic heterocycles. The van der Waals surface area contributed by atoms with Gasteiger partial charge in [0.15, 0.2) is 0 Å². The maximum absolute atomic E-state index is 13.2. The van der Waals surface area contributed by atoms with Crippen molar-refractivity contribution in [2.24, 2.45) is 0 Å². The van der Waals surface area contributed by atoms with Crippen LogP contribution in [0.3, 0.4) is 0 Å². The Labute approximate surface area is 77.2 Å². The predicted molar refractivity (Wildman–Crippen MR) is 50.7 cm³/mol. The van der Waals surface area contributed by atoms with Crippen LogP contribution >= 0.6 is 0 Å². The first kappa shape index (κ1) is 9.99. The molecule has 0 aromatic heterocycles. The van der Waals surface area contributed by atoms with E-state index in [4.69, 9.17) is 5.73 Å². The molecule has 1 rings (SSSR count). The second kappa shape index (κ2) is 3.34. The smallest absolute Gasteiger partial charge is 0.129 e. The van der Waals surface area contributed by atoms with Gasteiger partial charge in [-0.1, -0.05) is 6.92 Å². The largest absolute Gasteiger partial charge is 0.399 e. The number of hydrogen-bond donors (Lipinski definition) is 2. The summed E-state index contributed by atoms with van der Waals surface area (Å²) >= 11 is 0. The molecule has 1 unspecified atom stereocenters. The highest BCUT2D eigenvalue weighted by Gasteiger charge is 2.24. The van der Waals surface area contributed by atoms with Crippen molar-refractivity contribution in [1.29, 1.82) is 0 Å². The zero-order chi connectivity index (χ0) is 10.1. The van der Waals surface area contributed by atoms with Gasteiger partial charge in [-0.3, -0.25) is 0 Å². The number of anilines is 1. The monoisotopic (exact) mass is 183 g/mol. The van der Waals surface area contributed by atoms with Crippen molar-refractivity contribution in [3.8, 4) is 0 Å². The molecule has 0 fully saturated rings. The van der Waals surface area contributed by atoms with E-state index in [1.54, 1.807) is 13.8 Å². The highest BCUT2D eigenvalue weighted by Crippen LogP contribution is 2.27. The molecule has 3 heteroatoms. The Morgan fingerprint density at radius 2 is 2.15 bits per heavy atom. The molecule has 72 valence electrons. The zero-order valence-corrected chi connectivity index (χ0v) is 7.84. The van der Waals surface area contributed by atoms with E-state index < -0.39 is 11.4 Å². The van der Waals surface area contributed by atoms with Crippen molar-refractivity contribution in [3.05, 3.63) is 29.6 Å².